The zero-order valence-electron chi connectivity index (χ0n) is 10.4. The fourth-order valence-corrected chi connectivity index (χ4v) is 2.37. The number of aliphatic carboxylic acids is 1. The summed E-state index contributed by atoms with van der Waals surface area (Å²) >= 11 is 0. The van der Waals surface area contributed by atoms with Gasteiger partial charge in [0.1, 0.15) is 5.92 Å². The maximum atomic E-state index is 13.7. The molecule has 2 rings (SSSR count). The molecule has 1 fully saturated rings. The van der Waals surface area contributed by atoms with Gasteiger partial charge in [-0.3, -0.25) is 9.59 Å². The van der Waals surface area contributed by atoms with Crippen molar-refractivity contribution in [3.05, 3.63) is 29.6 Å². The highest BCUT2D eigenvalue weighted by atomic mass is 19.1. The van der Waals surface area contributed by atoms with Crippen LogP contribution in [-0.2, 0) is 9.59 Å². The Morgan fingerprint density at radius 1 is 1.53 bits per heavy atom. The highest BCUT2D eigenvalue weighted by Crippen LogP contribution is 2.33. The van der Waals surface area contributed by atoms with Crippen LogP contribution in [0.3, 0.4) is 0 Å². The molecule has 0 saturated carbocycles. The van der Waals surface area contributed by atoms with Crippen LogP contribution >= 0.6 is 0 Å². The fraction of sp³-hybridized carbons (Fsp3) is 0.385. The van der Waals surface area contributed by atoms with Gasteiger partial charge < -0.3 is 15.2 Å². The molecule has 102 valence electrons. The van der Waals surface area contributed by atoms with E-state index in [2.05, 4.69) is 5.32 Å². The molecule has 1 aromatic carbocycles. The van der Waals surface area contributed by atoms with Gasteiger partial charge in [-0.2, -0.15) is 0 Å². The van der Waals surface area contributed by atoms with E-state index in [1.807, 2.05) is 0 Å². The number of amides is 1. The third-order valence-corrected chi connectivity index (χ3v) is 3.31. The number of hydrogen-bond donors (Lipinski definition) is 2. The Kier molecular flexibility index (Phi) is 3.69. The van der Waals surface area contributed by atoms with Crippen LogP contribution in [0.15, 0.2) is 18.2 Å². The van der Waals surface area contributed by atoms with Crippen molar-refractivity contribution < 1.29 is 23.8 Å². The Morgan fingerprint density at radius 2 is 2.26 bits per heavy atom. The van der Waals surface area contributed by atoms with Crippen LogP contribution < -0.4 is 10.1 Å². The van der Waals surface area contributed by atoms with Gasteiger partial charge in [-0.05, 0) is 24.1 Å². The Labute approximate surface area is 109 Å². The summed E-state index contributed by atoms with van der Waals surface area (Å²) in [6.07, 6.45) is 0.467. The number of methoxy groups -OCH3 is 1. The molecule has 2 unspecified atom stereocenters. The van der Waals surface area contributed by atoms with E-state index in [0.29, 0.717) is 18.5 Å². The molecule has 0 bridgehead atoms. The summed E-state index contributed by atoms with van der Waals surface area (Å²) in [6, 6.07) is 4.27. The van der Waals surface area contributed by atoms with Crippen LogP contribution in [0.4, 0.5) is 4.39 Å². The normalized spacial score (nSPS) is 22.7. The first-order chi connectivity index (χ1) is 9.04. The van der Waals surface area contributed by atoms with Crippen molar-refractivity contribution >= 4 is 11.9 Å². The Balaban J connectivity index is 2.35. The summed E-state index contributed by atoms with van der Waals surface area (Å²) in [5, 5.41) is 11.6. The average Bonchev–Trinajstić information content (AvgIpc) is 2.37. The van der Waals surface area contributed by atoms with Gasteiger partial charge in [-0.15, -0.1) is 0 Å². The molecular weight excluding hydrogens is 253 g/mol. The van der Waals surface area contributed by atoms with E-state index in [9.17, 15) is 14.0 Å². The van der Waals surface area contributed by atoms with Gasteiger partial charge in [0, 0.05) is 12.5 Å². The summed E-state index contributed by atoms with van der Waals surface area (Å²) in [7, 11) is 1.35. The van der Waals surface area contributed by atoms with Crippen LogP contribution in [-0.4, -0.2) is 30.6 Å². The highest BCUT2D eigenvalue weighted by Gasteiger charge is 2.38. The maximum Gasteiger partial charge on any atom is 0.316 e. The van der Waals surface area contributed by atoms with Crippen LogP contribution in [0.1, 0.15) is 17.9 Å². The summed E-state index contributed by atoms with van der Waals surface area (Å²) in [6.45, 7) is 0.390. The summed E-state index contributed by atoms with van der Waals surface area (Å²) in [4.78, 5) is 22.8. The number of rotatable bonds is 3. The summed E-state index contributed by atoms with van der Waals surface area (Å²) in [5.41, 5.74) is 0.501. The standard InChI is InChI=1S/C13H14FNO4/c1-19-10-3-2-7(6-9(10)14)8-4-5-15-12(16)11(8)13(17)18/h2-3,6,8,11H,4-5H2,1H3,(H,15,16)(H,17,18). The molecule has 0 spiro atoms. The Bertz CT molecular complexity index is 517. The van der Waals surface area contributed by atoms with Crippen LogP contribution in [0.2, 0.25) is 0 Å². The SMILES string of the molecule is COc1ccc(C2CCNC(=O)C2C(=O)O)cc1F. The predicted molar refractivity (Wildman–Crippen MR) is 64.4 cm³/mol. The number of halogens is 1. The smallest absolute Gasteiger partial charge is 0.316 e. The van der Waals surface area contributed by atoms with E-state index >= 15 is 0 Å². The van der Waals surface area contributed by atoms with Crippen molar-refractivity contribution in [1.29, 1.82) is 0 Å². The minimum absolute atomic E-state index is 0.0934. The van der Waals surface area contributed by atoms with Crippen molar-refractivity contribution in [2.24, 2.45) is 5.92 Å². The lowest BCUT2D eigenvalue weighted by Crippen LogP contribution is -2.44. The largest absolute Gasteiger partial charge is 0.494 e. The average molecular weight is 267 g/mol. The number of carbonyl (C=O) groups is 2. The number of benzene rings is 1. The molecule has 0 aromatic heterocycles. The number of hydrogen-bond acceptors (Lipinski definition) is 3. The molecule has 1 aromatic rings. The molecule has 0 radical (unpaired) electrons. The summed E-state index contributed by atoms with van der Waals surface area (Å²) < 4.78 is 18.5. The van der Waals surface area contributed by atoms with Crippen molar-refractivity contribution in [3.8, 4) is 5.75 Å². The van der Waals surface area contributed by atoms with E-state index in [-0.39, 0.29) is 5.75 Å². The molecule has 2 atom stereocenters. The van der Waals surface area contributed by atoms with E-state index in [4.69, 9.17) is 9.84 Å². The number of ether oxygens (including phenoxy) is 1. The number of nitrogens with one attached hydrogen (secondary N) is 1. The van der Waals surface area contributed by atoms with Gasteiger partial charge >= 0.3 is 5.97 Å². The van der Waals surface area contributed by atoms with Crippen LogP contribution in [0.5, 0.6) is 5.75 Å². The Hall–Kier alpha value is -2.11. The molecule has 1 saturated heterocycles. The lowest BCUT2D eigenvalue weighted by molar-refractivity contribution is -0.149. The van der Waals surface area contributed by atoms with Crippen molar-refractivity contribution in [1.82, 2.24) is 5.32 Å². The highest BCUT2D eigenvalue weighted by molar-refractivity contribution is 5.98. The van der Waals surface area contributed by atoms with E-state index in [1.54, 1.807) is 6.07 Å². The van der Waals surface area contributed by atoms with E-state index < -0.39 is 29.5 Å². The molecular formula is C13H14FNO4. The first-order valence-corrected chi connectivity index (χ1v) is 5.88. The zero-order chi connectivity index (χ0) is 14.0. The molecule has 1 heterocycles. The van der Waals surface area contributed by atoms with Crippen molar-refractivity contribution in [2.45, 2.75) is 12.3 Å². The summed E-state index contributed by atoms with van der Waals surface area (Å²) in [5.74, 6) is -3.89. The quantitative estimate of drug-likeness (QED) is 0.805. The molecule has 2 N–H and O–H groups in total. The minimum Gasteiger partial charge on any atom is -0.494 e. The number of carboxylic acids is 1. The third kappa shape index (κ3) is 2.52. The van der Waals surface area contributed by atoms with Crippen LogP contribution in [0, 0.1) is 11.7 Å². The first-order valence-electron chi connectivity index (χ1n) is 5.88. The van der Waals surface area contributed by atoms with E-state index in [0.717, 1.165) is 0 Å². The molecule has 1 aliphatic rings. The maximum absolute atomic E-state index is 13.7. The van der Waals surface area contributed by atoms with Gasteiger partial charge in [0.15, 0.2) is 11.6 Å². The molecule has 19 heavy (non-hydrogen) atoms. The van der Waals surface area contributed by atoms with Crippen LogP contribution in [0.25, 0.3) is 0 Å². The lowest BCUT2D eigenvalue weighted by Gasteiger charge is -2.28. The monoisotopic (exact) mass is 267 g/mol. The van der Waals surface area contributed by atoms with Crippen molar-refractivity contribution in [2.75, 3.05) is 13.7 Å². The molecule has 6 heteroatoms. The van der Waals surface area contributed by atoms with Crippen molar-refractivity contribution in [3.63, 3.8) is 0 Å². The minimum atomic E-state index is -1.20. The van der Waals surface area contributed by atoms with E-state index in [1.165, 1.54) is 19.2 Å². The second-order valence-corrected chi connectivity index (χ2v) is 4.40. The fourth-order valence-electron chi connectivity index (χ4n) is 2.37. The Morgan fingerprint density at radius 3 is 2.84 bits per heavy atom. The number of carboxylic acid groups (broad SMARTS) is 1. The second-order valence-electron chi connectivity index (χ2n) is 4.40. The third-order valence-electron chi connectivity index (χ3n) is 3.31. The van der Waals surface area contributed by atoms with Gasteiger partial charge in [-0.1, -0.05) is 6.07 Å². The van der Waals surface area contributed by atoms with Gasteiger partial charge in [0.25, 0.3) is 0 Å². The molecule has 0 aliphatic carbocycles. The zero-order valence-corrected chi connectivity index (χ0v) is 10.4. The number of carbonyl (C=O) groups excluding carboxylic acids is 1. The van der Waals surface area contributed by atoms with Gasteiger partial charge in [0.05, 0.1) is 7.11 Å². The molecule has 1 amide bonds. The first kappa shape index (κ1) is 13.3. The topological polar surface area (TPSA) is 75.6 Å². The lowest BCUT2D eigenvalue weighted by atomic mass is 9.80. The van der Waals surface area contributed by atoms with Gasteiger partial charge in [0.2, 0.25) is 5.91 Å². The van der Waals surface area contributed by atoms with Gasteiger partial charge in [-0.25, -0.2) is 4.39 Å². The number of piperidine rings is 1. The molecule has 1 aliphatic heterocycles. The predicted octanol–water partition coefficient (Wildman–Crippen LogP) is 1.14. The second kappa shape index (κ2) is 5.26. The molecule has 5 nitrogen and oxygen atoms in total.